The number of benzene rings is 2. The van der Waals surface area contributed by atoms with Gasteiger partial charge in [-0.2, -0.15) is 0 Å². The summed E-state index contributed by atoms with van der Waals surface area (Å²) in [7, 11) is 0. The van der Waals surface area contributed by atoms with E-state index >= 15 is 0 Å². The van der Waals surface area contributed by atoms with Gasteiger partial charge in [-0.1, -0.05) is 24.3 Å². The van der Waals surface area contributed by atoms with Gasteiger partial charge in [0, 0.05) is 13.1 Å². The van der Waals surface area contributed by atoms with Crippen LogP contribution in [0.1, 0.15) is 11.1 Å². The third-order valence-corrected chi connectivity index (χ3v) is 4.33. The molecule has 1 heterocycles. The molecule has 8 heteroatoms. The van der Waals surface area contributed by atoms with Gasteiger partial charge in [0.05, 0.1) is 18.8 Å². The average molecular weight is 377 g/mol. The van der Waals surface area contributed by atoms with Crippen molar-refractivity contribution in [3.05, 3.63) is 65.0 Å². The molecule has 2 aromatic carbocycles. The molecule has 0 aromatic heterocycles. The minimum absolute atomic E-state index is 0.126. The largest absolute Gasteiger partial charge is 0.346 e. The molecule has 0 bridgehead atoms. The van der Waals surface area contributed by atoms with E-state index in [1.807, 2.05) is 23.1 Å². The highest BCUT2D eigenvalue weighted by molar-refractivity contribution is 5.94. The van der Waals surface area contributed by atoms with Crippen LogP contribution >= 0.6 is 0 Å². The van der Waals surface area contributed by atoms with E-state index in [1.165, 1.54) is 11.1 Å². The van der Waals surface area contributed by atoms with Crippen LogP contribution in [0.15, 0.2) is 36.4 Å². The first-order valence-corrected chi connectivity index (χ1v) is 8.43. The number of nitrogens with one attached hydrogen (secondary N) is 2. The third kappa shape index (κ3) is 4.65. The van der Waals surface area contributed by atoms with Crippen LogP contribution in [0.4, 0.5) is 18.9 Å². The molecule has 27 heavy (non-hydrogen) atoms. The van der Waals surface area contributed by atoms with E-state index in [1.54, 1.807) is 0 Å². The van der Waals surface area contributed by atoms with E-state index in [0.717, 1.165) is 19.0 Å². The maximum Gasteiger partial charge on any atom is 0.243 e. The Hall–Kier alpha value is -2.87. The van der Waals surface area contributed by atoms with Gasteiger partial charge >= 0.3 is 0 Å². The number of fused-ring (bicyclic) bond motifs is 1. The summed E-state index contributed by atoms with van der Waals surface area (Å²) in [5.41, 5.74) is 1.95. The van der Waals surface area contributed by atoms with Crippen molar-refractivity contribution in [3.8, 4) is 0 Å². The first-order chi connectivity index (χ1) is 12.9. The minimum atomic E-state index is -1.66. The molecule has 0 spiro atoms. The second kappa shape index (κ2) is 8.22. The van der Waals surface area contributed by atoms with Crippen LogP contribution < -0.4 is 10.6 Å². The van der Waals surface area contributed by atoms with Crippen molar-refractivity contribution in [2.75, 3.05) is 25.0 Å². The van der Waals surface area contributed by atoms with Crippen LogP contribution in [0.25, 0.3) is 0 Å². The van der Waals surface area contributed by atoms with E-state index < -0.39 is 35.6 Å². The van der Waals surface area contributed by atoms with E-state index in [-0.39, 0.29) is 12.5 Å². The van der Waals surface area contributed by atoms with Crippen LogP contribution in [0.2, 0.25) is 0 Å². The number of hydrogen-bond donors (Lipinski definition) is 2. The fraction of sp³-hybridized carbons (Fsp3) is 0.263. The number of halogens is 3. The van der Waals surface area contributed by atoms with Gasteiger partial charge in [-0.25, -0.2) is 13.2 Å². The molecule has 142 valence electrons. The summed E-state index contributed by atoms with van der Waals surface area (Å²) >= 11 is 0. The Morgan fingerprint density at radius 2 is 1.70 bits per heavy atom. The molecule has 0 radical (unpaired) electrons. The lowest BCUT2D eigenvalue weighted by molar-refractivity contribution is -0.125. The predicted molar refractivity (Wildman–Crippen MR) is 93.4 cm³/mol. The molecule has 0 unspecified atom stereocenters. The van der Waals surface area contributed by atoms with Gasteiger partial charge < -0.3 is 10.6 Å². The molecule has 1 aliphatic rings. The van der Waals surface area contributed by atoms with E-state index in [4.69, 9.17) is 0 Å². The standard InChI is InChI=1S/C19H18F3N3O2/c20-14-5-6-15(19(22)18(14)21)24-16(26)9-23-17(27)11-25-8-7-12-3-1-2-4-13(12)10-25/h1-6H,7-11H2,(H,23,27)(H,24,26). The Labute approximate surface area is 154 Å². The quantitative estimate of drug-likeness (QED) is 0.786. The average Bonchev–Trinajstić information content (AvgIpc) is 2.67. The number of nitrogens with zero attached hydrogens (tertiary/aromatic N) is 1. The zero-order valence-electron chi connectivity index (χ0n) is 14.4. The Morgan fingerprint density at radius 3 is 2.48 bits per heavy atom. The first kappa shape index (κ1) is 18.9. The maximum absolute atomic E-state index is 13.5. The van der Waals surface area contributed by atoms with Crippen molar-refractivity contribution in [2.24, 2.45) is 0 Å². The van der Waals surface area contributed by atoms with Gasteiger partial charge in [-0.05, 0) is 29.7 Å². The van der Waals surface area contributed by atoms with Crippen molar-refractivity contribution in [2.45, 2.75) is 13.0 Å². The highest BCUT2D eigenvalue weighted by atomic mass is 19.2. The topological polar surface area (TPSA) is 61.4 Å². The van der Waals surface area contributed by atoms with Crippen molar-refractivity contribution < 1.29 is 22.8 Å². The Bertz CT molecular complexity index is 873. The summed E-state index contributed by atoms with van der Waals surface area (Å²) in [5.74, 6) is -5.58. The van der Waals surface area contributed by atoms with Gasteiger partial charge in [-0.15, -0.1) is 0 Å². The fourth-order valence-corrected chi connectivity index (χ4v) is 2.94. The van der Waals surface area contributed by atoms with Crippen molar-refractivity contribution in [3.63, 3.8) is 0 Å². The van der Waals surface area contributed by atoms with Gasteiger partial charge in [0.25, 0.3) is 0 Å². The molecule has 5 nitrogen and oxygen atoms in total. The minimum Gasteiger partial charge on any atom is -0.346 e. The highest BCUT2D eigenvalue weighted by Gasteiger charge is 2.19. The number of carbonyl (C=O) groups is 2. The molecule has 0 saturated heterocycles. The number of rotatable bonds is 5. The SMILES string of the molecule is O=C(CN1CCc2ccccc2C1)NCC(=O)Nc1ccc(F)c(F)c1F. The molecule has 2 amide bonds. The molecular formula is C19H18F3N3O2. The van der Waals surface area contributed by atoms with Crippen LogP contribution in [-0.4, -0.2) is 36.3 Å². The second-order valence-corrected chi connectivity index (χ2v) is 6.28. The number of carbonyl (C=O) groups excluding carboxylic acids is 2. The molecule has 1 aliphatic heterocycles. The number of amides is 2. The van der Waals surface area contributed by atoms with Crippen LogP contribution in [0.5, 0.6) is 0 Å². The third-order valence-electron chi connectivity index (χ3n) is 4.33. The molecular weight excluding hydrogens is 359 g/mol. The summed E-state index contributed by atoms with van der Waals surface area (Å²) in [4.78, 5) is 25.8. The van der Waals surface area contributed by atoms with Gasteiger partial charge in [0.2, 0.25) is 11.8 Å². The monoisotopic (exact) mass is 377 g/mol. The number of anilines is 1. The Morgan fingerprint density at radius 1 is 0.963 bits per heavy atom. The van der Waals surface area contributed by atoms with Gasteiger partial charge in [-0.3, -0.25) is 14.5 Å². The maximum atomic E-state index is 13.5. The lowest BCUT2D eigenvalue weighted by Crippen LogP contribution is -2.42. The van der Waals surface area contributed by atoms with E-state index in [2.05, 4.69) is 16.7 Å². The summed E-state index contributed by atoms with van der Waals surface area (Å²) < 4.78 is 39.6. The normalized spacial score (nSPS) is 13.7. The van der Waals surface area contributed by atoms with Crippen molar-refractivity contribution >= 4 is 17.5 Å². The summed E-state index contributed by atoms with van der Waals surface area (Å²) in [5, 5.41) is 4.54. The Balaban J connectivity index is 1.47. The fourth-order valence-electron chi connectivity index (χ4n) is 2.94. The summed E-state index contributed by atoms with van der Waals surface area (Å²) in [6, 6.07) is 9.64. The van der Waals surface area contributed by atoms with Gasteiger partial charge in [0.1, 0.15) is 0 Å². The molecule has 0 saturated carbocycles. The van der Waals surface area contributed by atoms with Crippen molar-refractivity contribution in [1.29, 1.82) is 0 Å². The molecule has 0 aliphatic carbocycles. The lowest BCUT2D eigenvalue weighted by atomic mass is 10.00. The zero-order valence-corrected chi connectivity index (χ0v) is 14.4. The Kier molecular flexibility index (Phi) is 5.75. The molecule has 2 N–H and O–H groups in total. The highest BCUT2D eigenvalue weighted by Crippen LogP contribution is 2.19. The lowest BCUT2D eigenvalue weighted by Gasteiger charge is -2.28. The predicted octanol–water partition coefficient (Wildman–Crippen LogP) is 2.22. The second-order valence-electron chi connectivity index (χ2n) is 6.28. The van der Waals surface area contributed by atoms with Crippen LogP contribution in [0, 0.1) is 17.5 Å². The van der Waals surface area contributed by atoms with Crippen molar-refractivity contribution in [1.82, 2.24) is 10.2 Å². The van der Waals surface area contributed by atoms with Crippen LogP contribution in [-0.2, 0) is 22.6 Å². The van der Waals surface area contributed by atoms with Crippen LogP contribution in [0.3, 0.4) is 0 Å². The molecule has 0 fully saturated rings. The smallest absolute Gasteiger partial charge is 0.243 e. The van der Waals surface area contributed by atoms with Gasteiger partial charge in [0.15, 0.2) is 17.5 Å². The summed E-state index contributed by atoms with van der Waals surface area (Å²) in [6.07, 6.45) is 0.847. The zero-order chi connectivity index (χ0) is 19.4. The van der Waals surface area contributed by atoms with E-state index in [0.29, 0.717) is 12.6 Å². The molecule has 0 atom stereocenters. The number of hydrogen-bond acceptors (Lipinski definition) is 3. The molecule has 2 aromatic rings. The molecule has 3 rings (SSSR count). The van der Waals surface area contributed by atoms with E-state index in [9.17, 15) is 22.8 Å². The first-order valence-electron chi connectivity index (χ1n) is 8.43. The summed E-state index contributed by atoms with van der Waals surface area (Å²) in [6.45, 7) is 1.11.